The Kier molecular flexibility index (Phi) is 6.10. The van der Waals surface area contributed by atoms with Crippen LogP contribution in [0, 0.1) is 0 Å². The van der Waals surface area contributed by atoms with Crippen molar-refractivity contribution in [3.63, 3.8) is 0 Å². The van der Waals surface area contributed by atoms with E-state index in [1.165, 1.54) is 0 Å². The Bertz CT molecular complexity index is 688. The number of thioether (sulfide) groups is 1. The third-order valence-corrected chi connectivity index (χ3v) is 4.67. The average molecular weight is 378 g/mol. The van der Waals surface area contributed by atoms with Gasteiger partial charge >= 0.3 is 0 Å². The molecule has 0 aliphatic heterocycles. The molecule has 2 aromatic rings. The second kappa shape index (κ2) is 8.06. The zero-order valence-electron chi connectivity index (χ0n) is 12.1. The van der Waals surface area contributed by atoms with Crippen LogP contribution in [0.3, 0.4) is 0 Å². The summed E-state index contributed by atoms with van der Waals surface area (Å²) in [6.07, 6.45) is 1.84. The van der Waals surface area contributed by atoms with Gasteiger partial charge in [0, 0.05) is 15.1 Å². The molecule has 0 unspecified atom stereocenters. The number of rotatable bonds is 6. The molecule has 3 nitrogen and oxygen atoms in total. The summed E-state index contributed by atoms with van der Waals surface area (Å²) in [6.45, 7) is 3.72. The van der Waals surface area contributed by atoms with Crippen LogP contribution in [0.25, 0.3) is 0 Å². The quantitative estimate of drug-likeness (QED) is 0.569. The first kappa shape index (κ1) is 16.6. The largest absolute Gasteiger partial charge is 0.497 e. The summed E-state index contributed by atoms with van der Waals surface area (Å²) in [5.41, 5.74) is 1.32. The minimum absolute atomic E-state index is 0.183. The number of hydrogen-bond acceptors (Lipinski definition) is 3. The van der Waals surface area contributed by atoms with Crippen LogP contribution in [0.4, 0.5) is 5.69 Å². The number of nitrogens with one attached hydrogen (secondary N) is 1. The fourth-order valence-corrected chi connectivity index (χ4v) is 3.01. The van der Waals surface area contributed by atoms with E-state index in [0.29, 0.717) is 11.3 Å². The number of hydrogen-bond donors (Lipinski definition) is 1. The molecule has 0 atom stereocenters. The van der Waals surface area contributed by atoms with Crippen LogP contribution in [0.15, 0.2) is 64.5 Å². The molecule has 0 saturated heterocycles. The second-order valence-corrected chi connectivity index (χ2v) is 6.31. The fourth-order valence-electron chi connectivity index (χ4n) is 1.84. The van der Waals surface area contributed by atoms with Crippen LogP contribution in [0.2, 0.25) is 0 Å². The molecule has 1 N–H and O–H groups in total. The summed E-state index contributed by atoms with van der Waals surface area (Å²) < 4.78 is 5.90. The highest BCUT2D eigenvalue weighted by Crippen LogP contribution is 2.29. The van der Waals surface area contributed by atoms with Gasteiger partial charge in [-0.1, -0.05) is 18.2 Å². The molecule has 0 aromatic heterocycles. The van der Waals surface area contributed by atoms with Crippen molar-refractivity contribution < 1.29 is 9.53 Å². The van der Waals surface area contributed by atoms with E-state index in [0.717, 1.165) is 20.8 Å². The second-order valence-electron chi connectivity index (χ2n) is 4.40. The number of anilines is 1. The Morgan fingerprint density at radius 1 is 1.36 bits per heavy atom. The molecule has 1 amide bonds. The topological polar surface area (TPSA) is 38.3 Å². The van der Waals surface area contributed by atoms with Crippen molar-refractivity contribution in [2.24, 2.45) is 0 Å². The lowest BCUT2D eigenvalue weighted by Gasteiger charge is -2.11. The molecule has 5 heteroatoms. The molecule has 0 spiro atoms. The predicted molar refractivity (Wildman–Crippen MR) is 96.0 cm³/mol. The van der Waals surface area contributed by atoms with E-state index in [-0.39, 0.29) is 5.91 Å². The maximum atomic E-state index is 12.5. The molecule has 0 saturated carbocycles. The van der Waals surface area contributed by atoms with Gasteiger partial charge in [-0.3, -0.25) is 4.79 Å². The van der Waals surface area contributed by atoms with Crippen LogP contribution in [-0.2, 0) is 0 Å². The van der Waals surface area contributed by atoms with E-state index in [4.69, 9.17) is 4.74 Å². The normalized spacial score (nSPS) is 10.1. The Labute approximate surface area is 142 Å². The first-order valence-corrected chi connectivity index (χ1v) is 8.41. The van der Waals surface area contributed by atoms with Crippen molar-refractivity contribution in [3.8, 4) is 5.75 Å². The van der Waals surface area contributed by atoms with Gasteiger partial charge in [0.1, 0.15) is 5.75 Å². The van der Waals surface area contributed by atoms with Gasteiger partial charge in [-0.05, 0) is 46.3 Å². The van der Waals surface area contributed by atoms with Crippen molar-refractivity contribution >= 4 is 39.3 Å². The van der Waals surface area contributed by atoms with E-state index < -0.39 is 0 Å². The number of benzene rings is 2. The van der Waals surface area contributed by atoms with Gasteiger partial charge in [0.25, 0.3) is 5.91 Å². The van der Waals surface area contributed by atoms with E-state index >= 15 is 0 Å². The summed E-state index contributed by atoms with van der Waals surface area (Å²) in [4.78, 5) is 13.5. The molecule has 0 bridgehead atoms. The SMILES string of the molecule is C=CCSc1ccccc1NC(=O)c1cc(OC)ccc1Br. The number of methoxy groups -OCH3 is 1. The summed E-state index contributed by atoms with van der Waals surface area (Å²) in [7, 11) is 1.58. The van der Waals surface area contributed by atoms with E-state index in [9.17, 15) is 4.79 Å². The van der Waals surface area contributed by atoms with Gasteiger partial charge in [-0.2, -0.15) is 0 Å². The minimum Gasteiger partial charge on any atom is -0.497 e. The van der Waals surface area contributed by atoms with Gasteiger partial charge in [-0.25, -0.2) is 0 Å². The third-order valence-electron chi connectivity index (χ3n) is 2.91. The molecule has 0 radical (unpaired) electrons. The highest BCUT2D eigenvalue weighted by molar-refractivity contribution is 9.10. The Balaban J connectivity index is 2.24. The maximum absolute atomic E-state index is 12.5. The van der Waals surface area contributed by atoms with Crippen LogP contribution in [0.1, 0.15) is 10.4 Å². The molecular weight excluding hydrogens is 362 g/mol. The maximum Gasteiger partial charge on any atom is 0.256 e. The number of carbonyl (C=O) groups is 1. The first-order chi connectivity index (χ1) is 10.7. The van der Waals surface area contributed by atoms with Crippen molar-refractivity contribution in [2.45, 2.75) is 4.90 Å². The van der Waals surface area contributed by atoms with Gasteiger partial charge in [0.05, 0.1) is 18.4 Å². The zero-order chi connectivity index (χ0) is 15.9. The molecule has 2 aromatic carbocycles. The Morgan fingerprint density at radius 2 is 2.14 bits per heavy atom. The van der Waals surface area contributed by atoms with Gasteiger partial charge < -0.3 is 10.1 Å². The highest BCUT2D eigenvalue weighted by Gasteiger charge is 2.13. The van der Waals surface area contributed by atoms with Crippen molar-refractivity contribution in [3.05, 3.63) is 65.2 Å². The molecular formula is C17H16BrNO2S. The lowest BCUT2D eigenvalue weighted by Crippen LogP contribution is -2.13. The summed E-state index contributed by atoms with van der Waals surface area (Å²) in [5.74, 6) is 1.25. The fraction of sp³-hybridized carbons (Fsp3) is 0.118. The van der Waals surface area contributed by atoms with Gasteiger partial charge in [-0.15, -0.1) is 18.3 Å². The zero-order valence-corrected chi connectivity index (χ0v) is 14.5. The van der Waals surface area contributed by atoms with Gasteiger partial charge in [0.2, 0.25) is 0 Å². The van der Waals surface area contributed by atoms with Crippen molar-refractivity contribution in [1.29, 1.82) is 0 Å². The molecule has 0 aliphatic rings. The van der Waals surface area contributed by atoms with Crippen molar-refractivity contribution in [2.75, 3.05) is 18.2 Å². The Hall–Kier alpha value is -1.72. The molecule has 2 rings (SSSR count). The predicted octanol–water partition coefficient (Wildman–Crippen LogP) is 4.99. The number of para-hydroxylation sites is 1. The van der Waals surface area contributed by atoms with E-state index in [1.807, 2.05) is 30.3 Å². The Morgan fingerprint density at radius 3 is 2.86 bits per heavy atom. The summed E-state index contributed by atoms with van der Waals surface area (Å²) in [5, 5.41) is 2.95. The highest BCUT2D eigenvalue weighted by atomic mass is 79.9. The molecule has 114 valence electrons. The van der Waals surface area contributed by atoms with Crippen LogP contribution in [0.5, 0.6) is 5.75 Å². The number of amides is 1. The van der Waals surface area contributed by atoms with Crippen molar-refractivity contribution in [1.82, 2.24) is 0 Å². The standard InChI is InChI=1S/C17H16BrNO2S/c1-3-10-22-16-7-5-4-6-15(16)19-17(20)13-11-12(21-2)8-9-14(13)18/h3-9,11H,1,10H2,2H3,(H,19,20). The molecule has 0 fully saturated rings. The van der Waals surface area contributed by atoms with E-state index in [2.05, 4.69) is 27.8 Å². The lowest BCUT2D eigenvalue weighted by molar-refractivity contribution is 0.102. The smallest absolute Gasteiger partial charge is 0.256 e. The summed E-state index contributed by atoms with van der Waals surface area (Å²) in [6, 6.07) is 13.0. The number of carbonyl (C=O) groups excluding carboxylic acids is 1. The summed E-state index contributed by atoms with van der Waals surface area (Å²) >= 11 is 5.03. The lowest BCUT2D eigenvalue weighted by atomic mass is 10.2. The monoisotopic (exact) mass is 377 g/mol. The molecule has 0 aliphatic carbocycles. The van der Waals surface area contributed by atoms with Crippen LogP contribution < -0.4 is 10.1 Å². The number of halogens is 1. The van der Waals surface area contributed by atoms with Gasteiger partial charge in [0.15, 0.2) is 0 Å². The van der Waals surface area contributed by atoms with E-state index in [1.54, 1.807) is 37.1 Å². The average Bonchev–Trinajstić information content (AvgIpc) is 2.54. The molecule has 22 heavy (non-hydrogen) atoms. The van der Waals surface area contributed by atoms with Crippen LogP contribution >= 0.6 is 27.7 Å². The van der Waals surface area contributed by atoms with Crippen LogP contribution in [-0.4, -0.2) is 18.8 Å². The molecule has 0 heterocycles. The minimum atomic E-state index is -0.183. The first-order valence-electron chi connectivity index (χ1n) is 6.63. The number of ether oxygens (including phenoxy) is 1. The third kappa shape index (κ3) is 4.15.